The van der Waals surface area contributed by atoms with Crippen molar-refractivity contribution in [2.75, 3.05) is 5.32 Å². The SMILES string of the molecule is CC(=O)c1nn(CC(=O)N2[C@H](C(=O)Nc3ccn(CC(F)(F)F)n3)C[C@@]3(C)C[C@@H]23)c2ccc(-c3cnc(C)nc3)cc12. The molecule has 4 heterocycles. The molecule has 11 nitrogen and oxygen atoms in total. The molecule has 0 unspecified atom stereocenters. The van der Waals surface area contributed by atoms with Crippen LogP contribution in [0.5, 0.6) is 0 Å². The largest absolute Gasteiger partial charge is 0.408 e. The number of halogens is 3. The van der Waals surface area contributed by atoms with Crippen LogP contribution in [0.2, 0.25) is 0 Å². The van der Waals surface area contributed by atoms with Crippen LogP contribution in [-0.4, -0.2) is 70.3 Å². The van der Waals surface area contributed by atoms with Crippen molar-refractivity contribution in [1.29, 1.82) is 0 Å². The van der Waals surface area contributed by atoms with Gasteiger partial charge in [0.05, 0.1) is 5.52 Å². The highest BCUT2D eigenvalue weighted by Crippen LogP contribution is 2.59. The predicted molar refractivity (Wildman–Crippen MR) is 144 cm³/mol. The number of hydrogen-bond donors (Lipinski definition) is 1. The Bertz CT molecular complexity index is 1730. The first kappa shape index (κ1) is 27.5. The topological polar surface area (TPSA) is 128 Å². The van der Waals surface area contributed by atoms with Gasteiger partial charge in [0.25, 0.3) is 0 Å². The lowest BCUT2D eigenvalue weighted by atomic mass is 10.0. The molecule has 3 atom stereocenters. The standard InChI is InChI=1S/C28H27F3N8O3/c1-15(40)25-19-8-17(18-11-32-16(2)33-12-18)4-5-20(19)38(36-25)13-24(41)39-21(9-27(3)10-22(27)39)26(42)34-23-6-7-37(35-23)14-28(29,30)31/h4-8,11-12,21-22H,9-10,13-14H2,1-3H3,(H,34,35,42)/t21-,22+,27-/m0/s1. The van der Waals surface area contributed by atoms with Gasteiger partial charge in [-0.15, -0.1) is 0 Å². The van der Waals surface area contributed by atoms with E-state index < -0.39 is 24.7 Å². The van der Waals surface area contributed by atoms with Gasteiger partial charge < -0.3 is 10.2 Å². The number of rotatable bonds is 7. The highest BCUT2D eigenvalue weighted by molar-refractivity contribution is 6.06. The lowest BCUT2D eigenvalue weighted by Crippen LogP contribution is -2.46. The smallest absolute Gasteiger partial charge is 0.325 e. The third-order valence-electron chi connectivity index (χ3n) is 7.94. The van der Waals surface area contributed by atoms with Crippen molar-refractivity contribution < 1.29 is 27.6 Å². The van der Waals surface area contributed by atoms with E-state index in [-0.39, 0.29) is 41.2 Å². The Balaban J connectivity index is 1.24. The number of ketones is 1. The molecule has 1 aliphatic carbocycles. The Kier molecular flexibility index (Phi) is 6.39. The number of nitrogens with zero attached hydrogens (tertiary/aromatic N) is 7. The molecular formula is C28H27F3N8O3. The molecule has 1 aromatic carbocycles. The minimum absolute atomic E-state index is 0.0265. The first-order valence-corrected chi connectivity index (χ1v) is 13.3. The number of nitrogens with one attached hydrogen (secondary N) is 1. The van der Waals surface area contributed by atoms with E-state index >= 15 is 0 Å². The second-order valence-electron chi connectivity index (χ2n) is 11.2. The summed E-state index contributed by atoms with van der Waals surface area (Å²) >= 11 is 0. The van der Waals surface area contributed by atoms with Crippen molar-refractivity contribution in [2.24, 2.45) is 5.41 Å². The van der Waals surface area contributed by atoms with E-state index in [0.717, 1.165) is 23.7 Å². The summed E-state index contributed by atoms with van der Waals surface area (Å²) in [7, 11) is 0. The summed E-state index contributed by atoms with van der Waals surface area (Å²) in [6.45, 7) is 3.70. The number of piperidine rings is 1. The van der Waals surface area contributed by atoms with Gasteiger partial charge in [-0.05, 0) is 42.9 Å². The molecular weight excluding hydrogens is 553 g/mol. The van der Waals surface area contributed by atoms with Gasteiger partial charge in [-0.1, -0.05) is 13.0 Å². The molecule has 2 aliphatic rings. The quantitative estimate of drug-likeness (QED) is 0.330. The lowest BCUT2D eigenvalue weighted by Gasteiger charge is -2.26. The van der Waals surface area contributed by atoms with Crippen molar-refractivity contribution in [3.8, 4) is 11.1 Å². The Hall–Kier alpha value is -4.62. The van der Waals surface area contributed by atoms with Crippen LogP contribution >= 0.6 is 0 Å². The molecule has 1 N–H and O–H groups in total. The van der Waals surface area contributed by atoms with Crippen molar-refractivity contribution in [2.45, 2.75) is 65.0 Å². The maximum atomic E-state index is 13.7. The van der Waals surface area contributed by atoms with E-state index in [4.69, 9.17) is 0 Å². The fourth-order valence-corrected chi connectivity index (χ4v) is 5.76. The fraction of sp³-hybridized carbons (Fsp3) is 0.393. The Morgan fingerprint density at radius 3 is 2.50 bits per heavy atom. The third-order valence-corrected chi connectivity index (χ3v) is 7.94. The number of anilines is 1. The van der Waals surface area contributed by atoms with E-state index in [1.54, 1.807) is 30.3 Å². The van der Waals surface area contributed by atoms with Gasteiger partial charge in [-0.25, -0.2) is 9.97 Å². The summed E-state index contributed by atoms with van der Waals surface area (Å²) < 4.78 is 40.3. The van der Waals surface area contributed by atoms with Gasteiger partial charge in [-0.3, -0.25) is 23.7 Å². The zero-order valence-electron chi connectivity index (χ0n) is 23.0. The number of Topliss-reactive ketones (excluding diaryl/α,β-unsaturated/α-hetero) is 1. The number of alkyl halides is 3. The van der Waals surface area contributed by atoms with Gasteiger partial charge in [0.1, 0.15) is 30.6 Å². The minimum atomic E-state index is -4.45. The zero-order chi connectivity index (χ0) is 30.0. The number of aryl methyl sites for hydroxylation is 1. The maximum absolute atomic E-state index is 13.7. The molecule has 4 aromatic rings. The summed E-state index contributed by atoms with van der Waals surface area (Å²) in [5.41, 5.74) is 2.13. The van der Waals surface area contributed by atoms with E-state index in [0.29, 0.717) is 27.8 Å². The second kappa shape index (κ2) is 9.74. The van der Waals surface area contributed by atoms with Crippen LogP contribution in [0.1, 0.15) is 43.0 Å². The highest BCUT2D eigenvalue weighted by Gasteiger charge is 2.64. The molecule has 1 saturated heterocycles. The third kappa shape index (κ3) is 5.12. The minimum Gasteiger partial charge on any atom is -0.325 e. The number of benzene rings is 1. The van der Waals surface area contributed by atoms with Crippen molar-refractivity contribution in [3.05, 3.63) is 54.4 Å². The van der Waals surface area contributed by atoms with Gasteiger partial charge in [0.2, 0.25) is 11.8 Å². The monoisotopic (exact) mass is 580 g/mol. The van der Waals surface area contributed by atoms with E-state index in [1.807, 2.05) is 19.1 Å². The van der Waals surface area contributed by atoms with Crippen LogP contribution in [0.3, 0.4) is 0 Å². The van der Waals surface area contributed by atoms with Crippen LogP contribution in [0, 0.1) is 12.3 Å². The Labute approximate surface area is 237 Å². The van der Waals surface area contributed by atoms with E-state index in [9.17, 15) is 27.6 Å². The lowest BCUT2D eigenvalue weighted by molar-refractivity contribution is -0.142. The van der Waals surface area contributed by atoms with Crippen LogP contribution < -0.4 is 5.32 Å². The normalized spacial score (nSPS) is 21.4. The molecule has 6 rings (SSSR count). The van der Waals surface area contributed by atoms with Crippen LogP contribution in [0.25, 0.3) is 22.0 Å². The first-order chi connectivity index (χ1) is 19.8. The van der Waals surface area contributed by atoms with Gasteiger partial charge in [0.15, 0.2) is 11.6 Å². The van der Waals surface area contributed by atoms with Crippen molar-refractivity contribution in [3.63, 3.8) is 0 Å². The molecule has 0 bridgehead atoms. The Morgan fingerprint density at radius 2 is 1.81 bits per heavy atom. The maximum Gasteiger partial charge on any atom is 0.408 e. The molecule has 14 heteroatoms. The summed E-state index contributed by atoms with van der Waals surface area (Å²) in [6.07, 6.45) is 1.22. The zero-order valence-corrected chi connectivity index (χ0v) is 23.0. The summed E-state index contributed by atoms with van der Waals surface area (Å²) in [5, 5.41) is 11.4. The number of hydrogen-bond acceptors (Lipinski definition) is 7. The van der Waals surface area contributed by atoms with Crippen molar-refractivity contribution >= 4 is 34.3 Å². The molecule has 0 spiro atoms. The molecule has 0 radical (unpaired) electrons. The predicted octanol–water partition coefficient (Wildman–Crippen LogP) is 3.78. The first-order valence-electron chi connectivity index (χ1n) is 13.3. The number of fused-ring (bicyclic) bond motifs is 2. The number of carbonyl (C=O) groups excluding carboxylic acids is 3. The fourth-order valence-electron chi connectivity index (χ4n) is 5.76. The van der Waals surface area contributed by atoms with Crippen LogP contribution in [-0.2, 0) is 22.7 Å². The summed E-state index contributed by atoms with van der Waals surface area (Å²) in [6, 6.07) is 5.75. The molecule has 2 amide bonds. The van der Waals surface area contributed by atoms with Crippen LogP contribution in [0.4, 0.5) is 19.0 Å². The molecule has 1 saturated carbocycles. The molecule has 42 heavy (non-hydrogen) atoms. The number of likely N-dealkylation sites (tertiary alicyclic amines) is 1. The van der Waals surface area contributed by atoms with E-state index in [1.165, 1.54) is 17.7 Å². The Morgan fingerprint density at radius 1 is 1.07 bits per heavy atom. The summed E-state index contributed by atoms with van der Waals surface area (Å²) in [4.78, 5) is 49.4. The number of amides is 2. The van der Waals surface area contributed by atoms with Gasteiger partial charge in [-0.2, -0.15) is 23.4 Å². The van der Waals surface area contributed by atoms with E-state index in [2.05, 4.69) is 25.5 Å². The molecule has 218 valence electrons. The van der Waals surface area contributed by atoms with Crippen molar-refractivity contribution in [1.82, 2.24) is 34.4 Å². The highest BCUT2D eigenvalue weighted by atomic mass is 19.4. The van der Waals surface area contributed by atoms with Gasteiger partial charge in [0, 0.05) is 48.6 Å². The second-order valence-corrected chi connectivity index (χ2v) is 11.2. The molecule has 3 aromatic heterocycles. The molecule has 1 aliphatic heterocycles. The summed E-state index contributed by atoms with van der Waals surface area (Å²) in [5.74, 6) is -0.524. The van der Waals surface area contributed by atoms with Crippen LogP contribution in [0.15, 0.2) is 42.9 Å². The van der Waals surface area contributed by atoms with Gasteiger partial charge >= 0.3 is 6.18 Å². The average Bonchev–Trinajstić information content (AvgIpc) is 3.21. The average molecular weight is 581 g/mol. The number of carbonyl (C=O) groups is 3. The molecule has 2 fully saturated rings. The number of aromatic nitrogens is 6.